The highest BCUT2D eigenvalue weighted by atomic mass is 35.5. The van der Waals surface area contributed by atoms with Crippen LogP contribution in [0.15, 0.2) is 90.2 Å². The predicted octanol–water partition coefficient (Wildman–Crippen LogP) is 7.31. The van der Waals surface area contributed by atoms with Crippen LogP contribution in [0.25, 0.3) is 17.2 Å². The molecule has 0 bridgehead atoms. The van der Waals surface area contributed by atoms with Crippen molar-refractivity contribution in [2.45, 2.75) is 37.0 Å². The van der Waals surface area contributed by atoms with Gasteiger partial charge in [-0.15, -0.1) is 0 Å². The van der Waals surface area contributed by atoms with Crippen LogP contribution in [0.1, 0.15) is 31.0 Å². The molecule has 208 valence electrons. The number of alkyl halides is 1. The van der Waals surface area contributed by atoms with Gasteiger partial charge in [0.25, 0.3) is 0 Å². The highest BCUT2D eigenvalue weighted by molar-refractivity contribution is 7.84. The fourth-order valence-corrected chi connectivity index (χ4v) is 5.30. The van der Waals surface area contributed by atoms with E-state index in [0.717, 1.165) is 29.8 Å². The molecule has 0 saturated heterocycles. The van der Waals surface area contributed by atoms with E-state index in [4.69, 9.17) is 16.3 Å². The molecule has 0 aliphatic heterocycles. The smallest absolute Gasteiger partial charge is 0.248 e. The van der Waals surface area contributed by atoms with Crippen LogP contribution in [0.3, 0.4) is 0 Å². The lowest BCUT2D eigenvalue weighted by Gasteiger charge is -2.08. The lowest BCUT2D eigenvalue weighted by molar-refractivity contribution is -0.111. The predicted molar refractivity (Wildman–Crippen MR) is 160 cm³/mol. The Morgan fingerprint density at radius 3 is 2.58 bits per heavy atom. The first-order valence-corrected chi connectivity index (χ1v) is 14.7. The van der Waals surface area contributed by atoms with Crippen molar-refractivity contribution in [3.8, 4) is 16.9 Å². The van der Waals surface area contributed by atoms with Crippen molar-refractivity contribution in [2.75, 3.05) is 18.6 Å². The van der Waals surface area contributed by atoms with E-state index in [2.05, 4.69) is 17.2 Å². The van der Waals surface area contributed by atoms with Crippen molar-refractivity contribution in [1.29, 1.82) is 0 Å². The number of aryl methyl sites for hydroxylation is 1. The van der Waals surface area contributed by atoms with Gasteiger partial charge in [-0.25, -0.2) is 4.98 Å². The minimum Gasteiger partial charge on any atom is -0.493 e. The molecule has 6 nitrogen and oxygen atoms in total. The van der Waals surface area contributed by atoms with Gasteiger partial charge in [0.1, 0.15) is 5.75 Å². The third-order valence-corrected chi connectivity index (χ3v) is 7.77. The van der Waals surface area contributed by atoms with Crippen LogP contribution in [0.2, 0.25) is 5.02 Å². The molecule has 0 unspecified atom stereocenters. The summed E-state index contributed by atoms with van der Waals surface area (Å²) in [5.74, 6) is 0.752. The van der Waals surface area contributed by atoms with Gasteiger partial charge >= 0.3 is 0 Å². The van der Waals surface area contributed by atoms with Crippen molar-refractivity contribution >= 4 is 40.1 Å². The summed E-state index contributed by atoms with van der Waals surface area (Å²) in [5.41, 5.74) is 4.12. The van der Waals surface area contributed by atoms with Crippen LogP contribution in [0, 0.1) is 0 Å². The van der Waals surface area contributed by atoms with Crippen LogP contribution in [0.4, 0.5) is 10.1 Å². The van der Waals surface area contributed by atoms with Crippen LogP contribution >= 0.6 is 11.6 Å². The Morgan fingerprint density at radius 1 is 1.10 bits per heavy atom. The molecule has 1 heterocycles. The second-order valence-corrected chi connectivity index (χ2v) is 10.9. The average molecular weight is 580 g/mol. The van der Waals surface area contributed by atoms with Crippen molar-refractivity contribution < 1.29 is 18.1 Å². The number of nitrogens with one attached hydrogen (secondary N) is 1. The van der Waals surface area contributed by atoms with E-state index in [1.165, 1.54) is 6.08 Å². The number of benzene rings is 3. The number of hydrogen-bond donors (Lipinski definition) is 1. The van der Waals surface area contributed by atoms with Gasteiger partial charge in [-0.3, -0.25) is 13.4 Å². The molecule has 0 radical (unpaired) electrons. The van der Waals surface area contributed by atoms with Crippen LogP contribution in [-0.2, 0) is 27.9 Å². The number of anilines is 1. The van der Waals surface area contributed by atoms with E-state index in [1.54, 1.807) is 48.9 Å². The largest absolute Gasteiger partial charge is 0.493 e. The molecular weight excluding hydrogens is 549 g/mol. The van der Waals surface area contributed by atoms with Crippen molar-refractivity contribution in [3.63, 3.8) is 0 Å². The highest BCUT2D eigenvalue weighted by Crippen LogP contribution is 2.28. The Hall–Kier alpha value is -3.75. The van der Waals surface area contributed by atoms with Crippen LogP contribution in [0.5, 0.6) is 5.75 Å². The molecule has 1 amide bonds. The SMILES string of the molecule is CCCn1cncc1C[S@](=O)c1ccc(NC(=O)/C=C/c2cc(-c3ccc(OCCCF)cc3)ccc2Cl)cc1. The summed E-state index contributed by atoms with van der Waals surface area (Å²) in [4.78, 5) is 17.4. The first kappa shape index (κ1) is 29.2. The van der Waals surface area contributed by atoms with Crippen molar-refractivity contribution in [1.82, 2.24) is 9.55 Å². The summed E-state index contributed by atoms with van der Waals surface area (Å²) < 4.78 is 32.6. The number of ether oxygens (including phenoxy) is 1. The number of amides is 1. The van der Waals surface area contributed by atoms with Gasteiger partial charge in [0, 0.05) is 40.8 Å². The van der Waals surface area contributed by atoms with Crippen molar-refractivity contribution in [3.05, 3.63) is 102 Å². The number of carbonyl (C=O) groups excluding carboxylic acids is 1. The van der Waals surface area contributed by atoms with Crippen LogP contribution < -0.4 is 10.1 Å². The fraction of sp³-hybridized carbons (Fsp3) is 0.226. The minimum absolute atomic E-state index is 0.311. The molecule has 0 saturated carbocycles. The highest BCUT2D eigenvalue weighted by Gasteiger charge is 2.10. The third-order valence-electron chi connectivity index (χ3n) is 6.07. The summed E-state index contributed by atoms with van der Waals surface area (Å²) in [7, 11) is -1.22. The van der Waals surface area contributed by atoms with Gasteiger partial charge in [0.2, 0.25) is 5.91 Å². The topological polar surface area (TPSA) is 73.2 Å². The second-order valence-electron chi connectivity index (χ2n) is 9.07. The van der Waals surface area contributed by atoms with E-state index < -0.39 is 17.5 Å². The number of aromatic nitrogens is 2. The van der Waals surface area contributed by atoms with E-state index >= 15 is 0 Å². The van der Waals surface area contributed by atoms with Gasteiger partial charge in [-0.2, -0.15) is 0 Å². The fourth-order valence-electron chi connectivity index (χ4n) is 4.01. The summed E-state index contributed by atoms with van der Waals surface area (Å²) in [6, 6.07) is 20.1. The lowest BCUT2D eigenvalue weighted by atomic mass is 10.0. The average Bonchev–Trinajstić information content (AvgIpc) is 3.40. The molecule has 1 aromatic heterocycles. The Morgan fingerprint density at radius 2 is 1.85 bits per heavy atom. The third kappa shape index (κ3) is 8.13. The number of hydrogen-bond acceptors (Lipinski definition) is 4. The monoisotopic (exact) mass is 579 g/mol. The van der Waals surface area contributed by atoms with E-state index in [-0.39, 0.29) is 5.91 Å². The standard InChI is InChI=1S/C31H31ClFN3O3S/c1-2-17-36-22-34-20-27(36)21-40(38)29-12-8-26(9-13-29)35-31(37)15-7-25-19-24(6-14-30(25)32)23-4-10-28(11-5-23)39-18-3-16-33/h4-15,19-20,22H,2-3,16-18,21H2,1H3,(H,35,37)/b15-7+/t40-/m0/s1. The molecule has 4 aromatic rings. The van der Waals surface area contributed by atoms with Crippen molar-refractivity contribution in [2.24, 2.45) is 0 Å². The molecule has 3 aromatic carbocycles. The zero-order valence-electron chi connectivity index (χ0n) is 22.2. The molecule has 1 atom stereocenters. The van der Waals surface area contributed by atoms with Gasteiger partial charge in [0.15, 0.2) is 0 Å². The zero-order chi connectivity index (χ0) is 28.3. The summed E-state index contributed by atoms with van der Waals surface area (Å²) in [6.07, 6.45) is 7.94. The quantitative estimate of drug-likeness (QED) is 0.133. The zero-order valence-corrected chi connectivity index (χ0v) is 23.8. The Bertz CT molecular complexity index is 1470. The van der Waals surface area contributed by atoms with Gasteiger partial charge in [-0.05, 0) is 77.7 Å². The maximum absolute atomic E-state index is 12.8. The Kier molecular flexibility index (Phi) is 10.7. The molecule has 40 heavy (non-hydrogen) atoms. The lowest BCUT2D eigenvalue weighted by Crippen LogP contribution is -2.08. The maximum atomic E-state index is 12.8. The van der Waals surface area contributed by atoms with Gasteiger partial charge < -0.3 is 14.6 Å². The normalized spacial score (nSPS) is 12.0. The minimum atomic E-state index is -1.22. The summed E-state index contributed by atoms with van der Waals surface area (Å²) in [6.45, 7) is 2.86. The molecule has 1 N–H and O–H groups in total. The first-order chi connectivity index (χ1) is 19.5. The van der Waals surface area contributed by atoms with E-state index in [1.807, 2.05) is 41.0 Å². The maximum Gasteiger partial charge on any atom is 0.248 e. The molecular formula is C31H31ClFN3O3S. The Balaban J connectivity index is 1.35. The number of imidazole rings is 1. The molecule has 0 fully saturated rings. The number of carbonyl (C=O) groups is 1. The van der Waals surface area contributed by atoms with Crippen LogP contribution in [-0.4, -0.2) is 32.9 Å². The molecule has 0 spiro atoms. The molecule has 9 heteroatoms. The van der Waals surface area contributed by atoms with Gasteiger partial charge in [0.05, 0.1) is 41.9 Å². The van der Waals surface area contributed by atoms with Gasteiger partial charge in [-0.1, -0.05) is 36.7 Å². The first-order valence-electron chi connectivity index (χ1n) is 13.0. The Labute approximate surface area is 241 Å². The second kappa shape index (κ2) is 14.6. The number of nitrogens with zero attached hydrogens (tertiary/aromatic N) is 2. The molecule has 4 rings (SSSR count). The van der Waals surface area contributed by atoms with E-state index in [0.29, 0.717) is 45.7 Å². The number of halogens is 2. The molecule has 0 aliphatic carbocycles. The summed E-state index contributed by atoms with van der Waals surface area (Å²) in [5, 5.41) is 3.34. The van der Waals surface area contributed by atoms with E-state index in [9.17, 15) is 13.4 Å². The molecule has 0 aliphatic rings. The number of rotatable bonds is 13. The summed E-state index contributed by atoms with van der Waals surface area (Å²) >= 11 is 6.38.